The molecule has 0 heterocycles. The van der Waals surface area contributed by atoms with Crippen molar-refractivity contribution in [2.75, 3.05) is 0 Å². The second-order valence-electron chi connectivity index (χ2n) is 8.06. The van der Waals surface area contributed by atoms with E-state index in [1.807, 2.05) is 0 Å². The Morgan fingerprint density at radius 2 is 1.89 bits per heavy atom. The molecular weight excluding hydrogens is 381 g/mol. The second-order valence-corrected chi connectivity index (χ2v) is 8.47. The van der Waals surface area contributed by atoms with Gasteiger partial charge in [0.2, 0.25) is 0 Å². The first kappa shape index (κ1) is 19.6. The second kappa shape index (κ2) is 7.94. The fourth-order valence-corrected chi connectivity index (χ4v) is 5.16. The molecule has 2 aromatic carbocycles. The van der Waals surface area contributed by atoms with E-state index in [9.17, 15) is 8.78 Å². The fraction of sp³-hybridized carbons (Fsp3) is 0.417. The van der Waals surface area contributed by atoms with E-state index >= 15 is 4.39 Å². The average molecular weight is 405 g/mol. The Hall–Kier alpha value is -1.74. The van der Waals surface area contributed by atoms with E-state index in [2.05, 4.69) is 19.1 Å². The minimum Gasteiger partial charge on any atom is -0.206 e. The Morgan fingerprint density at radius 3 is 2.64 bits per heavy atom. The van der Waals surface area contributed by atoms with E-state index in [-0.39, 0.29) is 22.1 Å². The maximum atomic E-state index is 15.3. The minimum absolute atomic E-state index is 0.0562. The highest BCUT2D eigenvalue weighted by atomic mass is 35.5. The summed E-state index contributed by atoms with van der Waals surface area (Å²) in [6.45, 7) is 2.13. The van der Waals surface area contributed by atoms with Crippen LogP contribution < -0.4 is 0 Å². The van der Waals surface area contributed by atoms with E-state index in [0.29, 0.717) is 23.8 Å². The van der Waals surface area contributed by atoms with Crippen LogP contribution in [0.4, 0.5) is 13.2 Å². The van der Waals surface area contributed by atoms with Gasteiger partial charge in [-0.05, 0) is 91.2 Å². The van der Waals surface area contributed by atoms with Crippen LogP contribution in [0.15, 0.2) is 36.4 Å². The molecule has 0 aliphatic heterocycles. The molecule has 0 N–H and O–H groups in total. The lowest BCUT2D eigenvalue weighted by Gasteiger charge is -2.40. The van der Waals surface area contributed by atoms with Crippen LogP contribution in [0.1, 0.15) is 56.1 Å². The van der Waals surface area contributed by atoms with Gasteiger partial charge >= 0.3 is 0 Å². The molecule has 1 fully saturated rings. The maximum absolute atomic E-state index is 15.3. The predicted octanol–water partition coefficient (Wildman–Crippen LogP) is 7.84. The van der Waals surface area contributed by atoms with Crippen LogP contribution in [-0.2, 0) is 6.42 Å². The molecule has 4 heteroatoms. The van der Waals surface area contributed by atoms with Crippen molar-refractivity contribution < 1.29 is 13.2 Å². The smallest absolute Gasteiger partial charge is 0.142 e. The molecule has 1 saturated carbocycles. The standard InChI is InChI=1S/C24H24ClF3/c1-2-3-4-14-5-8-17-15(11-14)6-9-18-19(17)13-22(27)23(24(18)28)16-7-10-20(25)21(26)12-16/h3-4,7,10,12-15,17H,2,5-6,8-9,11H2,1H3/b4-3+. The lowest BCUT2D eigenvalue weighted by Crippen LogP contribution is -2.28. The summed E-state index contributed by atoms with van der Waals surface area (Å²) in [5, 5.41) is -0.0562. The predicted molar refractivity (Wildman–Crippen MR) is 108 cm³/mol. The Morgan fingerprint density at radius 1 is 1.07 bits per heavy atom. The Labute approximate surface area is 169 Å². The van der Waals surface area contributed by atoms with Gasteiger partial charge in [-0.2, -0.15) is 0 Å². The third-order valence-electron chi connectivity index (χ3n) is 6.39. The number of benzene rings is 2. The molecule has 0 aromatic heterocycles. The van der Waals surface area contributed by atoms with Crippen LogP contribution >= 0.6 is 11.6 Å². The first-order chi connectivity index (χ1) is 13.5. The van der Waals surface area contributed by atoms with Gasteiger partial charge in [0.25, 0.3) is 0 Å². The van der Waals surface area contributed by atoms with Gasteiger partial charge in [-0.1, -0.05) is 36.7 Å². The Balaban J connectivity index is 1.69. The summed E-state index contributed by atoms with van der Waals surface area (Å²) >= 11 is 5.72. The van der Waals surface area contributed by atoms with E-state index < -0.39 is 17.5 Å². The molecule has 0 amide bonds. The summed E-state index contributed by atoms with van der Waals surface area (Å²) in [6.07, 6.45) is 10.2. The molecule has 0 nitrogen and oxygen atoms in total. The van der Waals surface area contributed by atoms with Gasteiger partial charge in [-0.3, -0.25) is 0 Å². The number of allylic oxidation sites excluding steroid dienone is 2. The lowest BCUT2D eigenvalue weighted by molar-refractivity contribution is 0.234. The van der Waals surface area contributed by atoms with Crippen molar-refractivity contribution in [2.45, 2.75) is 51.4 Å². The van der Waals surface area contributed by atoms with Crippen molar-refractivity contribution in [2.24, 2.45) is 11.8 Å². The summed E-state index contributed by atoms with van der Waals surface area (Å²) in [5.74, 6) is -0.557. The van der Waals surface area contributed by atoms with Crippen LogP contribution in [0.2, 0.25) is 5.02 Å². The van der Waals surface area contributed by atoms with Gasteiger partial charge in [0.05, 0.1) is 10.6 Å². The van der Waals surface area contributed by atoms with Gasteiger partial charge in [0, 0.05) is 0 Å². The molecule has 28 heavy (non-hydrogen) atoms. The monoisotopic (exact) mass is 404 g/mol. The molecule has 0 spiro atoms. The van der Waals surface area contributed by atoms with Gasteiger partial charge in [-0.25, -0.2) is 13.2 Å². The van der Waals surface area contributed by atoms with Crippen molar-refractivity contribution in [1.82, 2.24) is 0 Å². The van der Waals surface area contributed by atoms with E-state index in [4.69, 9.17) is 11.6 Å². The highest BCUT2D eigenvalue weighted by molar-refractivity contribution is 6.30. The van der Waals surface area contributed by atoms with E-state index in [1.165, 1.54) is 18.2 Å². The third kappa shape index (κ3) is 3.50. The molecule has 3 atom stereocenters. The molecule has 2 aromatic rings. The fourth-order valence-electron chi connectivity index (χ4n) is 5.04. The van der Waals surface area contributed by atoms with Crippen LogP contribution in [0, 0.1) is 29.3 Å². The largest absolute Gasteiger partial charge is 0.206 e. The molecule has 0 bridgehead atoms. The number of hydrogen-bond acceptors (Lipinski definition) is 0. The summed E-state index contributed by atoms with van der Waals surface area (Å²) in [5.41, 5.74) is 1.47. The topological polar surface area (TPSA) is 0 Å². The summed E-state index contributed by atoms with van der Waals surface area (Å²) in [6, 6.07) is 5.41. The first-order valence-electron chi connectivity index (χ1n) is 10.1. The van der Waals surface area contributed by atoms with Gasteiger partial charge < -0.3 is 0 Å². The van der Waals surface area contributed by atoms with Crippen LogP contribution in [0.3, 0.4) is 0 Å². The molecular formula is C24H24ClF3. The summed E-state index contributed by atoms with van der Waals surface area (Å²) < 4.78 is 44.1. The van der Waals surface area contributed by atoms with Crippen molar-refractivity contribution in [1.29, 1.82) is 0 Å². The molecule has 4 rings (SSSR count). The molecule has 0 radical (unpaired) electrons. The van der Waals surface area contributed by atoms with E-state index in [0.717, 1.165) is 43.7 Å². The van der Waals surface area contributed by atoms with Crippen molar-refractivity contribution >= 4 is 11.6 Å². The summed E-state index contributed by atoms with van der Waals surface area (Å²) in [4.78, 5) is 0. The van der Waals surface area contributed by atoms with Gasteiger partial charge in [0.1, 0.15) is 17.5 Å². The molecule has 2 aliphatic carbocycles. The summed E-state index contributed by atoms with van der Waals surface area (Å²) in [7, 11) is 0. The van der Waals surface area contributed by atoms with Crippen molar-refractivity contribution in [3.05, 3.63) is 70.0 Å². The van der Waals surface area contributed by atoms with Crippen molar-refractivity contribution in [3.63, 3.8) is 0 Å². The SMILES string of the molecule is CC/C=C/C1CCC2c3cc(F)c(-c4ccc(Cl)c(F)c4)c(F)c3CCC2C1. The zero-order valence-corrected chi connectivity index (χ0v) is 16.7. The zero-order valence-electron chi connectivity index (χ0n) is 16.0. The Kier molecular flexibility index (Phi) is 5.55. The lowest BCUT2D eigenvalue weighted by atomic mass is 9.65. The minimum atomic E-state index is -0.672. The maximum Gasteiger partial charge on any atom is 0.142 e. The van der Waals surface area contributed by atoms with Crippen LogP contribution in [-0.4, -0.2) is 0 Å². The van der Waals surface area contributed by atoms with Gasteiger partial charge in [0.15, 0.2) is 0 Å². The third-order valence-corrected chi connectivity index (χ3v) is 6.70. The van der Waals surface area contributed by atoms with Gasteiger partial charge in [-0.15, -0.1) is 0 Å². The Bertz CT molecular complexity index is 919. The first-order valence-corrected chi connectivity index (χ1v) is 10.5. The molecule has 3 unspecified atom stereocenters. The van der Waals surface area contributed by atoms with Crippen molar-refractivity contribution in [3.8, 4) is 11.1 Å². The number of hydrogen-bond donors (Lipinski definition) is 0. The zero-order chi connectivity index (χ0) is 19.8. The van der Waals surface area contributed by atoms with E-state index in [1.54, 1.807) is 0 Å². The highest BCUT2D eigenvalue weighted by Crippen LogP contribution is 2.49. The average Bonchev–Trinajstić information content (AvgIpc) is 2.68. The number of rotatable bonds is 3. The van der Waals surface area contributed by atoms with Crippen LogP contribution in [0.5, 0.6) is 0 Å². The number of halogens is 4. The normalized spacial score (nSPS) is 24.2. The quantitative estimate of drug-likeness (QED) is 0.457. The number of fused-ring (bicyclic) bond motifs is 3. The molecule has 148 valence electrons. The molecule has 2 aliphatic rings. The molecule has 0 saturated heterocycles. The highest BCUT2D eigenvalue weighted by Gasteiger charge is 2.37. The van der Waals surface area contributed by atoms with Crippen LogP contribution in [0.25, 0.3) is 11.1 Å².